The second-order valence-corrected chi connectivity index (χ2v) is 5.15. The van der Waals surface area contributed by atoms with Crippen LogP contribution in [0.3, 0.4) is 0 Å². The van der Waals surface area contributed by atoms with Crippen molar-refractivity contribution >= 4 is 6.98 Å². The maximum atomic E-state index is 12.6. The zero-order valence-corrected chi connectivity index (χ0v) is 14.2. The SMILES string of the molecule is CC1(N2CCOCC2)CC=C([B-](F)(F)F)CC1.[K+]. The molecule has 0 amide bonds. The van der Waals surface area contributed by atoms with Crippen LogP contribution in [0.2, 0.25) is 0 Å². The summed E-state index contributed by atoms with van der Waals surface area (Å²) in [7, 11) is 0. The molecule has 0 saturated carbocycles. The topological polar surface area (TPSA) is 12.5 Å². The Hall–Kier alpha value is 1.15. The number of hydrogen-bond acceptors (Lipinski definition) is 2. The summed E-state index contributed by atoms with van der Waals surface area (Å²) < 4.78 is 43.1. The van der Waals surface area contributed by atoms with Crippen LogP contribution < -0.4 is 51.4 Å². The van der Waals surface area contributed by atoms with Crippen LogP contribution in [0.15, 0.2) is 11.5 Å². The zero-order valence-electron chi connectivity index (χ0n) is 11.1. The second kappa shape index (κ2) is 6.74. The van der Waals surface area contributed by atoms with Gasteiger partial charge in [0.1, 0.15) is 0 Å². The summed E-state index contributed by atoms with van der Waals surface area (Å²) in [5.74, 6) is 0. The molecule has 1 fully saturated rings. The van der Waals surface area contributed by atoms with Gasteiger partial charge in [-0.25, -0.2) is 0 Å². The van der Waals surface area contributed by atoms with Gasteiger partial charge in [0, 0.05) is 18.6 Å². The first kappa shape index (κ1) is 17.2. The molecule has 0 aromatic heterocycles. The summed E-state index contributed by atoms with van der Waals surface area (Å²) in [5, 5.41) is 0. The van der Waals surface area contributed by atoms with Gasteiger partial charge in [-0.15, -0.1) is 11.5 Å². The smallest absolute Gasteiger partial charge is 0.445 e. The van der Waals surface area contributed by atoms with Crippen LogP contribution >= 0.6 is 0 Å². The molecule has 0 N–H and O–H groups in total. The van der Waals surface area contributed by atoms with Gasteiger partial charge in [-0.3, -0.25) is 4.90 Å². The molecule has 1 aliphatic heterocycles. The van der Waals surface area contributed by atoms with E-state index >= 15 is 0 Å². The molecular weight excluding hydrogens is 269 g/mol. The van der Waals surface area contributed by atoms with Gasteiger partial charge in [-0.1, -0.05) is 6.42 Å². The van der Waals surface area contributed by atoms with Crippen molar-refractivity contribution in [2.24, 2.45) is 0 Å². The van der Waals surface area contributed by atoms with Crippen molar-refractivity contribution < 1.29 is 69.1 Å². The van der Waals surface area contributed by atoms with Gasteiger partial charge in [-0.2, -0.15) is 0 Å². The molecule has 2 rings (SSSR count). The van der Waals surface area contributed by atoms with E-state index in [1.54, 1.807) is 0 Å². The molecule has 2 aliphatic rings. The van der Waals surface area contributed by atoms with E-state index < -0.39 is 6.98 Å². The molecule has 1 atom stereocenters. The second-order valence-electron chi connectivity index (χ2n) is 5.15. The summed E-state index contributed by atoms with van der Waals surface area (Å²) in [6.45, 7) is 0.326. The Morgan fingerprint density at radius 1 is 1.28 bits per heavy atom. The maximum absolute atomic E-state index is 12.6. The summed E-state index contributed by atoms with van der Waals surface area (Å²) in [4.78, 5) is 2.27. The first-order chi connectivity index (χ1) is 7.92. The van der Waals surface area contributed by atoms with E-state index in [2.05, 4.69) is 11.8 Å². The van der Waals surface area contributed by atoms with Crippen molar-refractivity contribution in [3.8, 4) is 0 Å². The van der Waals surface area contributed by atoms with E-state index in [1.807, 2.05) is 0 Å². The van der Waals surface area contributed by atoms with E-state index in [0.717, 1.165) is 13.1 Å². The van der Waals surface area contributed by atoms with E-state index in [9.17, 15) is 12.9 Å². The van der Waals surface area contributed by atoms with Crippen LogP contribution in [-0.4, -0.2) is 43.7 Å². The first-order valence-corrected chi connectivity index (χ1v) is 6.13. The average molecular weight is 287 g/mol. The van der Waals surface area contributed by atoms with Gasteiger partial charge in [0.05, 0.1) is 13.2 Å². The summed E-state index contributed by atoms with van der Waals surface area (Å²) >= 11 is 0. The van der Waals surface area contributed by atoms with Gasteiger partial charge in [-0.05, 0) is 19.8 Å². The third-order valence-electron chi connectivity index (χ3n) is 3.95. The molecule has 0 radical (unpaired) electrons. The Morgan fingerprint density at radius 2 is 1.89 bits per heavy atom. The van der Waals surface area contributed by atoms with Crippen molar-refractivity contribution in [3.05, 3.63) is 11.5 Å². The van der Waals surface area contributed by atoms with Crippen LogP contribution in [0.5, 0.6) is 0 Å². The number of halogens is 3. The maximum Gasteiger partial charge on any atom is 1.00 e. The number of allylic oxidation sites excluding steroid dienone is 1. The number of nitrogens with zero attached hydrogens (tertiary/aromatic N) is 1. The third-order valence-corrected chi connectivity index (χ3v) is 3.95. The molecule has 2 nitrogen and oxygen atoms in total. The molecule has 0 aromatic carbocycles. The van der Waals surface area contributed by atoms with Crippen molar-refractivity contribution in [1.82, 2.24) is 4.90 Å². The Balaban J connectivity index is 0.00000162. The Morgan fingerprint density at radius 3 is 2.33 bits per heavy atom. The molecule has 0 bridgehead atoms. The van der Waals surface area contributed by atoms with E-state index in [4.69, 9.17) is 4.74 Å². The minimum Gasteiger partial charge on any atom is -0.445 e. The molecular formula is C11H18BF3KNO. The van der Waals surface area contributed by atoms with Gasteiger partial charge >= 0.3 is 58.4 Å². The summed E-state index contributed by atoms with van der Waals surface area (Å²) in [6.07, 6.45) is 2.67. The first-order valence-electron chi connectivity index (χ1n) is 6.13. The summed E-state index contributed by atoms with van der Waals surface area (Å²) in [6, 6.07) is 0. The molecule has 1 unspecified atom stereocenters. The molecule has 0 aromatic rings. The minimum atomic E-state index is -4.78. The van der Waals surface area contributed by atoms with E-state index in [-0.39, 0.29) is 68.8 Å². The summed E-state index contributed by atoms with van der Waals surface area (Å²) in [5.41, 5.74) is -0.412. The number of ether oxygens (including phenoxy) is 1. The fraction of sp³-hybridized carbons (Fsp3) is 0.818. The Kier molecular flexibility index (Phi) is 6.44. The van der Waals surface area contributed by atoms with Gasteiger partial charge in [0.25, 0.3) is 0 Å². The van der Waals surface area contributed by atoms with Crippen LogP contribution in [0, 0.1) is 0 Å². The number of morpholine rings is 1. The number of rotatable bonds is 2. The standard InChI is InChI=1S/C11H18BF3NO.K/c1-11(16-6-8-17-9-7-16)4-2-10(3-5-11)12(13,14)15;/h2H,3-9H2,1H3;/q-1;+1. The predicted molar refractivity (Wildman–Crippen MR) is 61.8 cm³/mol. The normalized spacial score (nSPS) is 30.6. The largest absolute Gasteiger partial charge is 1.00 e. The van der Waals surface area contributed by atoms with Crippen LogP contribution in [-0.2, 0) is 4.74 Å². The third kappa shape index (κ3) is 4.07. The monoisotopic (exact) mass is 287 g/mol. The molecule has 7 heteroatoms. The van der Waals surface area contributed by atoms with Crippen molar-refractivity contribution in [1.29, 1.82) is 0 Å². The van der Waals surface area contributed by atoms with Crippen LogP contribution in [0.1, 0.15) is 26.2 Å². The quantitative estimate of drug-likeness (QED) is 0.640. The van der Waals surface area contributed by atoms with E-state index in [0.29, 0.717) is 26.1 Å². The molecule has 18 heavy (non-hydrogen) atoms. The van der Waals surface area contributed by atoms with Gasteiger partial charge in [0.15, 0.2) is 0 Å². The fourth-order valence-corrected chi connectivity index (χ4v) is 2.66. The molecule has 1 heterocycles. The van der Waals surface area contributed by atoms with Crippen LogP contribution in [0.4, 0.5) is 12.9 Å². The Bertz CT molecular complexity index is 318. The van der Waals surface area contributed by atoms with Gasteiger partial charge in [0.2, 0.25) is 0 Å². The van der Waals surface area contributed by atoms with Crippen molar-refractivity contribution in [3.63, 3.8) is 0 Å². The average Bonchev–Trinajstić information content (AvgIpc) is 2.29. The van der Waals surface area contributed by atoms with Gasteiger partial charge < -0.3 is 17.7 Å². The minimum absolute atomic E-state index is 0. The van der Waals surface area contributed by atoms with Crippen molar-refractivity contribution in [2.45, 2.75) is 31.7 Å². The van der Waals surface area contributed by atoms with E-state index in [1.165, 1.54) is 6.08 Å². The zero-order chi connectivity index (χ0) is 12.5. The fourth-order valence-electron chi connectivity index (χ4n) is 2.66. The Labute approximate surface area is 149 Å². The molecule has 0 spiro atoms. The molecule has 1 saturated heterocycles. The van der Waals surface area contributed by atoms with Crippen molar-refractivity contribution in [2.75, 3.05) is 26.3 Å². The number of hydrogen-bond donors (Lipinski definition) is 0. The molecule has 98 valence electrons. The molecule has 1 aliphatic carbocycles. The predicted octanol–water partition coefficient (Wildman–Crippen LogP) is -0.422. The van der Waals surface area contributed by atoms with Crippen LogP contribution in [0.25, 0.3) is 0 Å².